The molecule has 0 bridgehead atoms. The molecule has 1 saturated carbocycles. The predicted molar refractivity (Wildman–Crippen MR) is 59.8 cm³/mol. The normalized spacial score (nSPS) is 19.6. The summed E-state index contributed by atoms with van der Waals surface area (Å²) in [4.78, 5) is 0.911. The van der Waals surface area contributed by atoms with Gasteiger partial charge in [0.25, 0.3) is 0 Å². The maximum absolute atomic E-state index is 11.3. The second-order valence-electron chi connectivity index (χ2n) is 3.49. The fourth-order valence-electron chi connectivity index (χ4n) is 1.39. The van der Waals surface area contributed by atoms with Gasteiger partial charge in [0.2, 0.25) is 9.05 Å². The monoisotopic (exact) mass is 270 g/mol. The standard InChI is InChI=1S/C8H8Cl2O2S2/c9-6-1-4-13-7(6)5-8(2-3-8)14(10,11)12/h1,4H,2-3,5H2. The molecule has 78 valence electrons. The first-order valence-corrected chi connectivity index (χ1v) is 7.67. The molecule has 0 aliphatic heterocycles. The van der Waals surface area contributed by atoms with E-state index in [9.17, 15) is 8.42 Å². The topological polar surface area (TPSA) is 34.1 Å². The summed E-state index contributed by atoms with van der Waals surface area (Å²) in [6.45, 7) is 0. The predicted octanol–water partition coefficient (Wildman–Crippen LogP) is 3.05. The average Bonchev–Trinajstić information content (AvgIpc) is 2.73. The summed E-state index contributed by atoms with van der Waals surface area (Å²) < 4.78 is 21.8. The van der Waals surface area contributed by atoms with Crippen LogP contribution in [0.1, 0.15) is 17.7 Å². The second kappa shape index (κ2) is 3.37. The number of hydrogen-bond donors (Lipinski definition) is 0. The third-order valence-corrected chi connectivity index (χ3v) is 6.45. The SMILES string of the molecule is O=S(=O)(Cl)C1(Cc2sccc2Cl)CC1. The fourth-order valence-corrected chi connectivity index (χ4v) is 4.26. The summed E-state index contributed by atoms with van der Waals surface area (Å²) in [5.41, 5.74) is 0. The Balaban J connectivity index is 2.25. The van der Waals surface area contributed by atoms with E-state index in [0.29, 0.717) is 24.3 Å². The Bertz CT molecular complexity index is 446. The zero-order valence-electron chi connectivity index (χ0n) is 7.16. The lowest BCUT2D eigenvalue weighted by atomic mass is 10.2. The Kier molecular flexibility index (Phi) is 2.59. The van der Waals surface area contributed by atoms with Gasteiger partial charge in [-0.2, -0.15) is 0 Å². The van der Waals surface area contributed by atoms with Crippen LogP contribution < -0.4 is 0 Å². The van der Waals surface area contributed by atoms with E-state index in [4.69, 9.17) is 22.3 Å². The Labute approximate surface area is 96.3 Å². The summed E-state index contributed by atoms with van der Waals surface area (Å²) in [7, 11) is 1.93. The molecule has 2 rings (SSSR count). The van der Waals surface area contributed by atoms with Crippen molar-refractivity contribution < 1.29 is 8.42 Å². The van der Waals surface area contributed by atoms with Gasteiger partial charge in [-0.15, -0.1) is 11.3 Å². The van der Waals surface area contributed by atoms with Crippen LogP contribution >= 0.6 is 33.6 Å². The van der Waals surface area contributed by atoms with Gasteiger partial charge in [0.1, 0.15) is 0 Å². The Hall–Kier alpha value is 0.230. The van der Waals surface area contributed by atoms with E-state index in [1.165, 1.54) is 11.3 Å². The quantitative estimate of drug-likeness (QED) is 0.792. The van der Waals surface area contributed by atoms with Crippen LogP contribution in [0.25, 0.3) is 0 Å². The molecule has 1 aromatic heterocycles. The maximum Gasteiger partial charge on any atom is 0.238 e. The zero-order chi connectivity index (χ0) is 10.4. The van der Waals surface area contributed by atoms with Crippen LogP contribution in [0.3, 0.4) is 0 Å². The van der Waals surface area contributed by atoms with Gasteiger partial charge in [0, 0.05) is 22.0 Å². The smallest absolute Gasteiger partial charge is 0.212 e. The van der Waals surface area contributed by atoms with Gasteiger partial charge in [0.15, 0.2) is 0 Å². The number of hydrogen-bond acceptors (Lipinski definition) is 3. The molecule has 0 aromatic carbocycles. The molecule has 0 N–H and O–H groups in total. The molecule has 2 nitrogen and oxygen atoms in total. The van der Waals surface area contributed by atoms with Gasteiger partial charge in [0.05, 0.1) is 9.77 Å². The third kappa shape index (κ3) is 1.81. The lowest BCUT2D eigenvalue weighted by Crippen LogP contribution is -2.20. The van der Waals surface area contributed by atoms with Crippen molar-refractivity contribution in [1.29, 1.82) is 0 Å². The molecule has 6 heteroatoms. The highest BCUT2D eigenvalue weighted by Crippen LogP contribution is 2.49. The first kappa shape index (κ1) is 10.7. The molecule has 1 fully saturated rings. The van der Waals surface area contributed by atoms with Gasteiger partial charge in [-0.3, -0.25) is 0 Å². The van der Waals surface area contributed by atoms with Crippen LogP contribution in [0, 0.1) is 0 Å². The molecule has 1 aliphatic rings. The molecule has 0 spiro atoms. The molecule has 0 radical (unpaired) electrons. The minimum Gasteiger partial charge on any atom is -0.212 e. The van der Waals surface area contributed by atoms with Crippen LogP contribution in [-0.4, -0.2) is 13.2 Å². The molecule has 0 saturated heterocycles. The third-order valence-electron chi connectivity index (χ3n) is 2.50. The summed E-state index contributed by atoms with van der Waals surface area (Å²) >= 11 is 7.37. The molecule has 1 aromatic rings. The first-order valence-electron chi connectivity index (χ1n) is 4.11. The van der Waals surface area contributed by atoms with Crippen LogP contribution in [-0.2, 0) is 15.5 Å². The van der Waals surface area contributed by atoms with E-state index in [2.05, 4.69) is 0 Å². The summed E-state index contributed by atoms with van der Waals surface area (Å²) in [5.74, 6) is 0. The van der Waals surface area contributed by atoms with E-state index in [-0.39, 0.29) is 0 Å². The zero-order valence-corrected chi connectivity index (χ0v) is 10.3. The maximum atomic E-state index is 11.3. The van der Waals surface area contributed by atoms with Gasteiger partial charge < -0.3 is 0 Å². The van der Waals surface area contributed by atoms with Gasteiger partial charge in [-0.25, -0.2) is 8.42 Å². The lowest BCUT2D eigenvalue weighted by Gasteiger charge is -2.09. The highest BCUT2D eigenvalue weighted by atomic mass is 35.7. The van der Waals surface area contributed by atoms with Gasteiger partial charge >= 0.3 is 0 Å². The molecule has 0 amide bonds. The van der Waals surface area contributed by atoms with E-state index in [1.807, 2.05) is 5.38 Å². The summed E-state index contributed by atoms with van der Waals surface area (Å²) in [5, 5.41) is 2.50. The Morgan fingerprint density at radius 1 is 1.50 bits per heavy atom. The largest absolute Gasteiger partial charge is 0.238 e. The van der Waals surface area contributed by atoms with Gasteiger partial charge in [-0.05, 0) is 24.3 Å². The number of rotatable bonds is 3. The van der Waals surface area contributed by atoms with Crippen LogP contribution in [0.2, 0.25) is 5.02 Å². The average molecular weight is 271 g/mol. The van der Waals surface area contributed by atoms with E-state index in [0.717, 1.165) is 4.88 Å². The minimum atomic E-state index is -3.46. The van der Waals surface area contributed by atoms with E-state index >= 15 is 0 Å². The number of thiophene rings is 1. The van der Waals surface area contributed by atoms with Crippen molar-refractivity contribution in [1.82, 2.24) is 0 Å². The van der Waals surface area contributed by atoms with E-state index < -0.39 is 13.8 Å². The fraction of sp³-hybridized carbons (Fsp3) is 0.500. The van der Waals surface area contributed by atoms with Crippen LogP contribution in [0.15, 0.2) is 11.4 Å². The molecule has 0 atom stereocenters. The van der Waals surface area contributed by atoms with Crippen molar-refractivity contribution in [3.63, 3.8) is 0 Å². The highest BCUT2D eigenvalue weighted by molar-refractivity contribution is 8.15. The molecule has 1 heterocycles. The molecule has 14 heavy (non-hydrogen) atoms. The first-order chi connectivity index (χ1) is 6.45. The minimum absolute atomic E-state index is 0.454. The van der Waals surface area contributed by atoms with Crippen LogP contribution in [0.4, 0.5) is 0 Å². The lowest BCUT2D eigenvalue weighted by molar-refractivity contribution is 0.590. The highest BCUT2D eigenvalue weighted by Gasteiger charge is 2.54. The van der Waals surface area contributed by atoms with Crippen molar-refractivity contribution in [2.75, 3.05) is 0 Å². The molecular formula is C8H8Cl2O2S2. The van der Waals surface area contributed by atoms with Crippen molar-refractivity contribution in [3.8, 4) is 0 Å². The van der Waals surface area contributed by atoms with E-state index in [1.54, 1.807) is 6.07 Å². The summed E-state index contributed by atoms with van der Waals surface area (Å²) in [6, 6.07) is 1.78. The van der Waals surface area contributed by atoms with Gasteiger partial charge in [-0.1, -0.05) is 11.6 Å². The van der Waals surface area contributed by atoms with Crippen molar-refractivity contribution in [3.05, 3.63) is 21.3 Å². The van der Waals surface area contributed by atoms with Crippen molar-refractivity contribution in [2.24, 2.45) is 0 Å². The second-order valence-corrected chi connectivity index (χ2v) is 7.86. The molecular weight excluding hydrogens is 263 g/mol. The van der Waals surface area contributed by atoms with Crippen molar-refractivity contribution >= 4 is 42.7 Å². The Morgan fingerprint density at radius 3 is 2.50 bits per heavy atom. The summed E-state index contributed by atoms with van der Waals surface area (Å²) in [6.07, 6.45) is 1.75. The number of halogens is 2. The molecule has 1 aliphatic carbocycles. The van der Waals surface area contributed by atoms with Crippen molar-refractivity contribution in [2.45, 2.75) is 24.0 Å². The Morgan fingerprint density at radius 2 is 2.14 bits per heavy atom. The molecule has 0 unspecified atom stereocenters. The van der Waals surface area contributed by atoms with Crippen LogP contribution in [0.5, 0.6) is 0 Å².